The van der Waals surface area contributed by atoms with Gasteiger partial charge in [-0.25, -0.2) is 9.18 Å². The number of anilines is 1. The summed E-state index contributed by atoms with van der Waals surface area (Å²) in [5.74, 6) is -0.122. The summed E-state index contributed by atoms with van der Waals surface area (Å²) in [6.07, 6.45) is 5.00. The van der Waals surface area contributed by atoms with Crippen LogP contribution in [0.2, 0.25) is 0 Å². The van der Waals surface area contributed by atoms with Crippen molar-refractivity contribution in [2.45, 2.75) is 45.1 Å². The summed E-state index contributed by atoms with van der Waals surface area (Å²) >= 11 is 0. The highest BCUT2D eigenvalue weighted by molar-refractivity contribution is 5.94. The fourth-order valence-electron chi connectivity index (χ4n) is 5.59. The Labute approximate surface area is 183 Å². The Bertz CT molecular complexity index is 983. The molecule has 5 rings (SSSR count). The second-order valence-electron chi connectivity index (χ2n) is 10.2. The molecule has 5 nitrogen and oxygen atoms in total. The Morgan fingerprint density at radius 1 is 1.03 bits per heavy atom. The highest BCUT2D eigenvalue weighted by atomic mass is 19.1. The molecule has 4 heterocycles. The smallest absolute Gasteiger partial charge is 0.324 e. The van der Waals surface area contributed by atoms with Crippen molar-refractivity contribution >= 4 is 11.7 Å². The van der Waals surface area contributed by atoms with Crippen LogP contribution in [0.5, 0.6) is 0 Å². The second-order valence-corrected chi connectivity index (χ2v) is 10.2. The van der Waals surface area contributed by atoms with Crippen molar-refractivity contribution in [1.29, 1.82) is 0 Å². The van der Waals surface area contributed by atoms with Crippen molar-refractivity contribution in [3.63, 3.8) is 0 Å². The van der Waals surface area contributed by atoms with Gasteiger partial charge < -0.3 is 4.90 Å². The van der Waals surface area contributed by atoms with Gasteiger partial charge in [0, 0.05) is 43.4 Å². The molecule has 0 N–H and O–H groups in total. The van der Waals surface area contributed by atoms with E-state index in [0.717, 1.165) is 62.4 Å². The van der Waals surface area contributed by atoms with E-state index in [1.54, 1.807) is 6.07 Å². The van der Waals surface area contributed by atoms with Gasteiger partial charge >= 0.3 is 6.03 Å². The molecule has 0 unspecified atom stereocenters. The van der Waals surface area contributed by atoms with Gasteiger partial charge in [-0.3, -0.25) is 14.8 Å². The number of halogens is 1. The van der Waals surface area contributed by atoms with Crippen LogP contribution >= 0.6 is 0 Å². The van der Waals surface area contributed by atoms with Gasteiger partial charge in [-0.2, -0.15) is 0 Å². The molecule has 2 amide bonds. The van der Waals surface area contributed by atoms with Crippen LogP contribution in [0, 0.1) is 11.2 Å². The number of hydrogen-bond donors (Lipinski definition) is 0. The number of fused-ring (bicyclic) bond motifs is 1. The molecular formula is C25H31FN4O. The maximum absolute atomic E-state index is 14.0. The lowest BCUT2D eigenvalue weighted by Gasteiger charge is -2.39. The topological polar surface area (TPSA) is 39.7 Å². The van der Waals surface area contributed by atoms with Crippen molar-refractivity contribution < 1.29 is 9.18 Å². The molecule has 3 aliphatic rings. The van der Waals surface area contributed by atoms with Crippen molar-refractivity contribution in [3.8, 4) is 0 Å². The Hall–Kier alpha value is -2.47. The lowest BCUT2D eigenvalue weighted by atomic mass is 9.77. The van der Waals surface area contributed by atoms with Crippen molar-refractivity contribution in [1.82, 2.24) is 14.8 Å². The summed E-state index contributed by atoms with van der Waals surface area (Å²) in [6.45, 7) is 9.21. The molecule has 0 aliphatic carbocycles. The number of carbonyl (C=O) groups is 1. The maximum atomic E-state index is 14.0. The lowest BCUT2D eigenvalue weighted by Crippen LogP contribution is -2.46. The summed E-state index contributed by atoms with van der Waals surface area (Å²) in [6, 6.07) is 11.1. The van der Waals surface area contributed by atoms with Crippen LogP contribution in [0.4, 0.5) is 14.9 Å². The monoisotopic (exact) mass is 422 g/mol. The largest absolute Gasteiger partial charge is 0.324 e. The fourth-order valence-corrected chi connectivity index (χ4v) is 5.59. The van der Waals surface area contributed by atoms with E-state index in [2.05, 4.69) is 23.7 Å². The molecule has 0 atom stereocenters. The van der Waals surface area contributed by atoms with Crippen molar-refractivity contribution in [2.75, 3.05) is 37.6 Å². The zero-order valence-corrected chi connectivity index (χ0v) is 18.5. The Balaban J connectivity index is 1.22. The number of urea groups is 1. The van der Waals surface area contributed by atoms with Gasteiger partial charge in [0.15, 0.2) is 0 Å². The molecule has 2 saturated heterocycles. The minimum absolute atomic E-state index is 0.116. The highest BCUT2D eigenvalue weighted by Gasteiger charge is 2.46. The summed E-state index contributed by atoms with van der Waals surface area (Å²) in [7, 11) is 0. The zero-order valence-electron chi connectivity index (χ0n) is 18.5. The number of amides is 2. The highest BCUT2D eigenvalue weighted by Crippen LogP contribution is 2.43. The molecule has 1 aromatic carbocycles. The first-order valence-electron chi connectivity index (χ1n) is 11.3. The van der Waals surface area contributed by atoms with Gasteiger partial charge in [-0.05, 0) is 56.0 Å². The molecule has 2 aromatic rings. The molecule has 1 spiro atoms. The van der Waals surface area contributed by atoms with Crippen LogP contribution in [0.3, 0.4) is 0 Å². The average molecular weight is 423 g/mol. The van der Waals surface area contributed by atoms with E-state index in [9.17, 15) is 9.18 Å². The zero-order chi connectivity index (χ0) is 21.6. The van der Waals surface area contributed by atoms with Gasteiger partial charge in [0.25, 0.3) is 0 Å². The first kappa shape index (κ1) is 20.4. The number of aromatic nitrogens is 1. The third-order valence-corrected chi connectivity index (χ3v) is 7.48. The third-order valence-electron chi connectivity index (χ3n) is 7.48. The van der Waals surface area contributed by atoms with Gasteiger partial charge in [0.2, 0.25) is 0 Å². The number of carbonyl (C=O) groups excluding carboxylic acids is 1. The molecule has 0 radical (unpaired) electrons. The summed E-state index contributed by atoms with van der Waals surface area (Å²) in [5, 5.41) is 0. The number of hydrogen-bond acceptors (Lipinski definition) is 3. The van der Waals surface area contributed by atoms with Gasteiger partial charge in [-0.1, -0.05) is 32.0 Å². The molecule has 6 heteroatoms. The van der Waals surface area contributed by atoms with Gasteiger partial charge in [-0.15, -0.1) is 0 Å². The molecule has 164 valence electrons. The standard InChI is InChI=1S/C25H31FN4O/c1-24(2)17-30(21-8-5-12-27-22(21)24)23(31)29-15-11-25(18-29)9-13-28(14-10-25)16-19-6-3-4-7-20(19)26/h3-8,12H,9-11,13-18H2,1-2H3. The molecule has 31 heavy (non-hydrogen) atoms. The maximum Gasteiger partial charge on any atom is 0.324 e. The number of likely N-dealkylation sites (tertiary alicyclic amines) is 2. The van der Waals surface area contributed by atoms with Crippen LogP contribution < -0.4 is 4.90 Å². The molecule has 0 saturated carbocycles. The Morgan fingerprint density at radius 3 is 2.55 bits per heavy atom. The number of piperidine rings is 1. The summed E-state index contributed by atoms with van der Waals surface area (Å²) < 4.78 is 14.0. The molecule has 2 fully saturated rings. The molecule has 1 aromatic heterocycles. The van der Waals surface area contributed by atoms with E-state index in [1.165, 1.54) is 6.07 Å². The second kappa shape index (κ2) is 7.59. The molecular weight excluding hydrogens is 391 g/mol. The van der Waals surface area contributed by atoms with E-state index in [-0.39, 0.29) is 22.7 Å². The van der Waals surface area contributed by atoms with Crippen molar-refractivity contribution in [3.05, 3.63) is 59.7 Å². The predicted molar refractivity (Wildman–Crippen MR) is 120 cm³/mol. The van der Waals surface area contributed by atoms with Crippen LogP contribution in [0.25, 0.3) is 0 Å². The fraction of sp³-hybridized carbons (Fsp3) is 0.520. The number of nitrogens with zero attached hydrogens (tertiary/aromatic N) is 4. The first-order chi connectivity index (χ1) is 14.9. The SMILES string of the molecule is CC1(C)CN(C(=O)N2CCC3(CCN(Cc4ccccc4F)CC3)C2)c2cccnc21. The minimum Gasteiger partial charge on any atom is -0.324 e. The van der Waals surface area contributed by atoms with Crippen molar-refractivity contribution in [2.24, 2.45) is 5.41 Å². The van der Waals surface area contributed by atoms with Crippen LogP contribution in [-0.4, -0.2) is 53.5 Å². The van der Waals surface area contributed by atoms with Gasteiger partial charge in [0.05, 0.1) is 11.4 Å². The Morgan fingerprint density at radius 2 is 1.77 bits per heavy atom. The molecule has 0 bridgehead atoms. The quantitative estimate of drug-likeness (QED) is 0.719. The number of rotatable bonds is 2. The third kappa shape index (κ3) is 3.71. The van der Waals surface area contributed by atoms with E-state index in [4.69, 9.17) is 0 Å². The molecule has 3 aliphatic heterocycles. The van der Waals surface area contributed by atoms with E-state index < -0.39 is 0 Å². The summed E-state index contributed by atoms with van der Waals surface area (Å²) in [5.41, 5.74) is 2.82. The van der Waals surface area contributed by atoms with Crippen LogP contribution in [-0.2, 0) is 12.0 Å². The number of benzene rings is 1. The predicted octanol–water partition coefficient (Wildman–Crippen LogP) is 4.43. The summed E-state index contributed by atoms with van der Waals surface area (Å²) in [4.78, 5) is 24.3. The average Bonchev–Trinajstić information content (AvgIpc) is 3.30. The van der Waals surface area contributed by atoms with Crippen LogP contribution in [0.15, 0.2) is 42.6 Å². The number of pyridine rings is 1. The van der Waals surface area contributed by atoms with Crippen LogP contribution in [0.1, 0.15) is 44.4 Å². The van der Waals surface area contributed by atoms with E-state index in [0.29, 0.717) is 13.1 Å². The van der Waals surface area contributed by atoms with E-state index in [1.807, 2.05) is 40.3 Å². The normalized spacial score (nSPS) is 22.2. The minimum atomic E-state index is -0.123. The Kier molecular flexibility index (Phi) is 5.00. The first-order valence-corrected chi connectivity index (χ1v) is 11.3. The lowest BCUT2D eigenvalue weighted by molar-refractivity contribution is 0.105. The van der Waals surface area contributed by atoms with Gasteiger partial charge in [0.1, 0.15) is 5.82 Å². The van der Waals surface area contributed by atoms with E-state index >= 15 is 0 Å².